The lowest BCUT2D eigenvalue weighted by molar-refractivity contribution is 0.526. The van der Waals surface area contributed by atoms with Crippen LogP contribution in [-0.2, 0) is 10.8 Å². The smallest absolute Gasteiger partial charge is 0.0664 e. The molecule has 0 atom stereocenters. The molecule has 2 nitrogen and oxygen atoms in total. The number of hydrogen-bond acceptors (Lipinski definition) is 1. The molecule has 0 amide bonds. The van der Waals surface area contributed by atoms with Crippen molar-refractivity contribution < 1.29 is 0 Å². The van der Waals surface area contributed by atoms with Crippen LogP contribution in [0, 0.1) is 0 Å². The van der Waals surface area contributed by atoms with E-state index in [-0.39, 0.29) is 10.8 Å². The van der Waals surface area contributed by atoms with Gasteiger partial charge in [0, 0.05) is 12.4 Å². The third kappa shape index (κ3) is 2.21. The molecule has 2 heteroatoms. The summed E-state index contributed by atoms with van der Waals surface area (Å²) in [7, 11) is 0. The van der Waals surface area contributed by atoms with Crippen LogP contribution in [0.25, 0.3) is 5.52 Å². The summed E-state index contributed by atoms with van der Waals surface area (Å²) >= 11 is 0. The van der Waals surface area contributed by atoms with E-state index in [1.165, 1.54) is 16.6 Å². The first-order valence-corrected chi connectivity index (χ1v) is 6.18. The molecular weight excluding hydrogens is 208 g/mol. The molecule has 0 spiro atoms. The zero-order chi connectivity index (χ0) is 12.8. The van der Waals surface area contributed by atoms with Crippen molar-refractivity contribution in [3.8, 4) is 0 Å². The van der Waals surface area contributed by atoms with Crippen molar-refractivity contribution in [1.82, 2.24) is 9.61 Å². The highest BCUT2D eigenvalue weighted by atomic mass is 15.2. The number of rotatable bonds is 0. The van der Waals surface area contributed by atoms with E-state index >= 15 is 0 Å². The predicted octanol–water partition coefficient (Wildman–Crippen LogP) is 3.93. The van der Waals surface area contributed by atoms with Crippen LogP contribution in [0.5, 0.6) is 0 Å². The second-order valence-electron chi connectivity index (χ2n) is 6.80. The van der Waals surface area contributed by atoms with Gasteiger partial charge in [-0.25, -0.2) is 4.52 Å². The third-order valence-electron chi connectivity index (χ3n) is 3.15. The number of pyridine rings is 1. The summed E-state index contributed by atoms with van der Waals surface area (Å²) in [6.07, 6.45) is 4.03. The Balaban J connectivity index is 2.78. The lowest BCUT2D eigenvalue weighted by Crippen LogP contribution is -2.22. The molecule has 0 saturated heterocycles. The Bertz CT molecular complexity index is 488. The van der Waals surface area contributed by atoms with Crippen LogP contribution in [0.2, 0.25) is 0 Å². The Kier molecular flexibility index (Phi) is 2.57. The van der Waals surface area contributed by atoms with E-state index in [2.05, 4.69) is 65.0 Å². The number of aromatic nitrogens is 2. The second kappa shape index (κ2) is 3.59. The third-order valence-corrected chi connectivity index (χ3v) is 3.15. The van der Waals surface area contributed by atoms with E-state index in [4.69, 9.17) is 0 Å². The van der Waals surface area contributed by atoms with Crippen LogP contribution in [0.4, 0.5) is 0 Å². The van der Waals surface area contributed by atoms with Gasteiger partial charge < -0.3 is 0 Å². The van der Waals surface area contributed by atoms with Gasteiger partial charge in [0.2, 0.25) is 0 Å². The number of fused-ring (bicyclic) bond motifs is 1. The lowest BCUT2D eigenvalue weighted by atomic mass is 9.76. The Morgan fingerprint density at radius 1 is 0.941 bits per heavy atom. The van der Waals surface area contributed by atoms with Gasteiger partial charge >= 0.3 is 0 Å². The first kappa shape index (κ1) is 12.2. The summed E-state index contributed by atoms with van der Waals surface area (Å²) < 4.78 is 1.97. The first-order valence-electron chi connectivity index (χ1n) is 6.18. The summed E-state index contributed by atoms with van der Waals surface area (Å²) in [5.74, 6) is 0. The molecule has 2 aromatic heterocycles. The normalized spacial score (nSPS) is 13.3. The molecule has 2 heterocycles. The van der Waals surface area contributed by atoms with Crippen LogP contribution < -0.4 is 0 Å². The minimum atomic E-state index is 0.142. The van der Waals surface area contributed by atoms with Gasteiger partial charge in [-0.3, -0.25) is 0 Å². The van der Waals surface area contributed by atoms with E-state index in [0.29, 0.717) is 0 Å². The maximum atomic E-state index is 4.33. The average molecular weight is 230 g/mol. The highest BCUT2D eigenvalue weighted by molar-refractivity contribution is 5.53. The molecule has 0 saturated carbocycles. The van der Waals surface area contributed by atoms with Gasteiger partial charge in [-0.05, 0) is 34.1 Å². The molecule has 2 aromatic rings. The standard InChI is InChI=1S/C15H22N2/c1-14(2,3)12-9-11-7-8-16-17(11)10-13(12)15(4,5)6/h7-10H,1-6H3. The molecule has 0 unspecified atom stereocenters. The minimum Gasteiger partial charge on any atom is -0.241 e. The second-order valence-corrected chi connectivity index (χ2v) is 6.80. The highest BCUT2D eigenvalue weighted by Crippen LogP contribution is 2.34. The molecule has 0 aliphatic rings. The van der Waals surface area contributed by atoms with Crippen LogP contribution in [-0.4, -0.2) is 9.61 Å². The van der Waals surface area contributed by atoms with Gasteiger partial charge in [-0.1, -0.05) is 41.5 Å². The topological polar surface area (TPSA) is 17.3 Å². The molecule has 0 N–H and O–H groups in total. The van der Waals surface area contributed by atoms with Gasteiger partial charge in [0.25, 0.3) is 0 Å². The van der Waals surface area contributed by atoms with Crippen LogP contribution >= 0.6 is 0 Å². The maximum absolute atomic E-state index is 4.33. The fraction of sp³-hybridized carbons (Fsp3) is 0.533. The van der Waals surface area contributed by atoms with Gasteiger partial charge in [0.1, 0.15) is 0 Å². The van der Waals surface area contributed by atoms with E-state index in [1.807, 2.05) is 10.7 Å². The Hall–Kier alpha value is -1.31. The largest absolute Gasteiger partial charge is 0.241 e. The van der Waals surface area contributed by atoms with E-state index in [0.717, 1.165) is 0 Å². The molecule has 0 fully saturated rings. The maximum Gasteiger partial charge on any atom is 0.0664 e. The average Bonchev–Trinajstić information content (AvgIpc) is 2.59. The fourth-order valence-electron chi connectivity index (χ4n) is 2.18. The molecule has 0 aliphatic carbocycles. The van der Waals surface area contributed by atoms with Crippen molar-refractivity contribution >= 4 is 5.52 Å². The van der Waals surface area contributed by atoms with Gasteiger partial charge in [-0.15, -0.1) is 0 Å². The molecule has 0 radical (unpaired) electrons. The van der Waals surface area contributed by atoms with Crippen molar-refractivity contribution in [3.05, 3.63) is 35.7 Å². The van der Waals surface area contributed by atoms with Crippen LogP contribution in [0.3, 0.4) is 0 Å². The molecular formula is C15H22N2. The van der Waals surface area contributed by atoms with Gasteiger partial charge in [0.15, 0.2) is 0 Å². The summed E-state index contributed by atoms with van der Waals surface area (Å²) in [6.45, 7) is 13.6. The van der Waals surface area contributed by atoms with E-state index < -0.39 is 0 Å². The zero-order valence-corrected chi connectivity index (χ0v) is 11.7. The molecule has 0 bridgehead atoms. The Labute approximate surface area is 104 Å². The molecule has 2 rings (SSSR count). The lowest BCUT2D eigenvalue weighted by Gasteiger charge is -2.30. The molecule has 0 aromatic carbocycles. The highest BCUT2D eigenvalue weighted by Gasteiger charge is 2.25. The van der Waals surface area contributed by atoms with Crippen molar-refractivity contribution in [2.45, 2.75) is 52.4 Å². The summed E-state index contributed by atoms with van der Waals surface area (Å²) in [5.41, 5.74) is 4.26. The fourth-order valence-corrected chi connectivity index (χ4v) is 2.18. The van der Waals surface area contributed by atoms with Crippen LogP contribution in [0.15, 0.2) is 24.5 Å². The molecule has 0 aliphatic heterocycles. The molecule has 17 heavy (non-hydrogen) atoms. The summed E-state index contributed by atoms with van der Waals surface area (Å²) in [5, 5.41) is 4.33. The number of hydrogen-bond donors (Lipinski definition) is 0. The molecule has 92 valence electrons. The van der Waals surface area contributed by atoms with E-state index in [9.17, 15) is 0 Å². The quantitative estimate of drug-likeness (QED) is 0.670. The zero-order valence-electron chi connectivity index (χ0n) is 11.7. The monoisotopic (exact) mass is 230 g/mol. The van der Waals surface area contributed by atoms with Crippen LogP contribution in [0.1, 0.15) is 52.7 Å². The summed E-state index contributed by atoms with van der Waals surface area (Å²) in [6, 6.07) is 4.33. The predicted molar refractivity (Wildman–Crippen MR) is 72.6 cm³/mol. The first-order chi connectivity index (χ1) is 7.69. The minimum absolute atomic E-state index is 0.142. The van der Waals surface area contributed by atoms with Gasteiger partial charge in [0.05, 0.1) is 5.52 Å². The van der Waals surface area contributed by atoms with Crippen molar-refractivity contribution in [3.63, 3.8) is 0 Å². The van der Waals surface area contributed by atoms with Crippen molar-refractivity contribution in [2.75, 3.05) is 0 Å². The van der Waals surface area contributed by atoms with Gasteiger partial charge in [-0.2, -0.15) is 5.10 Å². The van der Waals surface area contributed by atoms with Crippen molar-refractivity contribution in [2.24, 2.45) is 0 Å². The summed E-state index contributed by atoms with van der Waals surface area (Å²) in [4.78, 5) is 0. The number of nitrogens with zero attached hydrogens (tertiary/aromatic N) is 2. The Morgan fingerprint density at radius 2 is 1.53 bits per heavy atom. The SMILES string of the molecule is CC(C)(C)c1cc2ccnn2cc1C(C)(C)C. The van der Waals surface area contributed by atoms with E-state index in [1.54, 1.807) is 0 Å². The Morgan fingerprint density at radius 3 is 2.06 bits per heavy atom. The van der Waals surface area contributed by atoms with Crippen molar-refractivity contribution in [1.29, 1.82) is 0 Å².